The van der Waals surface area contributed by atoms with E-state index >= 15 is 0 Å². The number of nitrogens with zero attached hydrogens (tertiary/aromatic N) is 4. The molecular weight excluding hydrogens is 692 g/mol. The van der Waals surface area contributed by atoms with E-state index in [0.29, 0.717) is 61.4 Å². The zero-order valence-corrected chi connectivity index (χ0v) is 29.0. The molecule has 2 aliphatic carbocycles. The van der Waals surface area contributed by atoms with Gasteiger partial charge in [0.2, 0.25) is 5.95 Å². The van der Waals surface area contributed by atoms with E-state index in [4.69, 9.17) is 28.2 Å². The third kappa shape index (κ3) is 6.89. The average Bonchev–Trinajstić information content (AvgIpc) is 3.59. The van der Waals surface area contributed by atoms with Crippen molar-refractivity contribution in [3.8, 4) is 0 Å². The summed E-state index contributed by atoms with van der Waals surface area (Å²) in [4.78, 5) is 37.7. The summed E-state index contributed by atoms with van der Waals surface area (Å²) in [6.45, 7) is 1.83. The second-order valence-electron chi connectivity index (χ2n) is 13.5. The number of hydrogen-bond donors (Lipinski definition) is 4. The standard InChI is InChI=1S/C35H37Cl2F3N8O2/c1-41-24-10-19(13-42-15-24)32(49)43-14-18-3-8-26(36)31(30(18)37)46-34-45-27-11-25(33(50)44-23-6-4-22(5-7-23)35(38,39)40)28(12-29(27)47(34)2)48-16-20-9-21(20)17-48/h3,8,10-13,15,20-23,41H,4-7,9,14,16-17H2,1-2H3,(H,43,49)(H,44,50)(H,45,46)/t20?,21?,22-,23-. The summed E-state index contributed by atoms with van der Waals surface area (Å²) >= 11 is 13.4. The molecule has 0 bridgehead atoms. The van der Waals surface area contributed by atoms with E-state index in [1.807, 2.05) is 17.7 Å². The number of benzene rings is 2. The SMILES string of the molecule is CNc1cncc(C(=O)NCc2ccc(Cl)c(Nc3nc4cc(C(=O)N[C@H]5CC[C@H](C(F)(F)F)CC5)c(N5CC6CC6C5)cc4n3C)c2Cl)c1. The number of aryl methyl sites for hydroxylation is 1. The van der Waals surface area contributed by atoms with Gasteiger partial charge in [0.25, 0.3) is 11.8 Å². The van der Waals surface area contributed by atoms with Gasteiger partial charge >= 0.3 is 6.18 Å². The molecule has 2 saturated carbocycles. The van der Waals surface area contributed by atoms with Crippen LogP contribution in [0.3, 0.4) is 0 Å². The van der Waals surface area contributed by atoms with E-state index in [9.17, 15) is 22.8 Å². The van der Waals surface area contributed by atoms with Crippen molar-refractivity contribution < 1.29 is 22.8 Å². The Morgan fingerprint density at radius 2 is 1.74 bits per heavy atom. The number of pyridine rings is 1. The van der Waals surface area contributed by atoms with Crippen LogP contribution in [0.2, 0.25) is 10.0 Å². The highest BCUT2D eigenvalue weighted by Crippen LogP contribution is 2.47. The highest BCUT2D eigenvalue weighted by atomic mass is 35.5. The van der Waals surface area contributed by atoms with Crippen LogP contribution in [0.1, 0.15) is 58.4 Å². The van der Waals surface area contributed by atoms with Crippen LogP contribution in [-0.2, 0) is 13.6 Å². The molecule has 7 rings (SSSR count). The number of halogens is 5. The van der Waals surface area contributed by atoms with Crippen molar-refractivity contribution in [3.63, 3.8) is 0 Å². The molecule has 2 aromatic carbocycles. The number of amides is 2. The van der Waals surface area contributed by atoms with E-state index in [1.54, 1.807) is 37.5 Å². The fourth-order valence-electron chi connectivity index (χ4n) is 7.14. The molecule has 0 spiro atoms. The van der Waals surface area contributed by atoms with E-state index in [-0.39, 0.29) is 50.1 Å². The van der Waals surface area contributed by atoms with Gasteiger partial charge in [-0.25, -0.2) is 4.98 Å². The number of nitrogens with one attached hydrogen (secondary N) is 4. The van der Waals surface area contributed by atoms with Crippen molar-refractivity contribution >= 4 is 69.1 Å². The minimum Gasteiger partial charge on any atom is -0.387 e. The van der Waals surface area contributed by atoms with Crippen LogP contribution in [0.5, 0.6) is 0 Å². The van der Waals surface area contributed by atoms with Crippen LogP contribution in [-0.4, -0.2) is 58.7 Å². The van der Waals surface area contributed by atoms with E-state index in [2.05, 4.69) is 31.2 Å². The van der Waals surface area contributed by atoms with Crippen molar-refractivity contribution in [2.45, 2.75) is 50.9 Å². The second kappa shape index (κ2) is 13.5. The Bertz CT molecular complexity index is 1950. The molecule has 0 radical (unpaired) electrons. The van der Waals surface area contributed by atoms with Crippen LogP contribution in [0.15, 0.2) is 42.7 Å². The summed E-state index contributed by atoms with van der Waals surface area (Å²) in [5.41, 5.74) is 4.70. The van der Waals surface area contributed by atoms with Crippen molar-refractivity contribution in [1.82, 2.24) is 25.2 Å². The Kier molecular flexibility index (Phi) is 9.23. The van der Waals surface area contributed by atoms with Gasteiger partial charge in [0.05, 0.1) is 55.2 Å². The topological polar surface area (TPSA) is 116 Å². The maximum atomic E-state index is 13.8. The van der Waals surface area contributed by atoms with Gasteiger partial charge in [-0.3, -0.25) is 14.6 Å². The lowest BCUT2D eigenvalue weighted by molar-refractivity contribution is -0.182. The molecule has 4 N–H and O–H groups in total. The van der Waals surface area contributed by atoms with E-state index in [1.165, 1.54) is 12.6 Å². The first-order chi connectivity index (χ1) is 23.9. The summed E-state index contributed by atoms with van der Waals surface area (Å²) in [7, 11) is 3.59. The Balaban J connectivity index is 1.13. The smallest absolute Gasteiger partial charge is 0.387 e. The van der Waals surface area contributed by atoms with Gasteiger partial charge < -0.3 is 30.7 Å². The van der Waals surface area contributed by atoms with Crippen molar-refractivity contribution in [2.75, 3.05) is 35.7 Å². The first-order valence-electron chi connectivity index (χ1n) is 16.7. The number of hydrogen-bond acceptors (Lipinski definition) is 7. The van der Waals surface area contributed by atoms with Gasteiger partial charge in [-0.2, -0.15) is 13.2 Å². The lowest BCUT2D eigenvalue weighted by Gasteiger charge is -2.31. The Morgan fingerprint density at radius 1 is 1.00 bits per heavy atom. The van der Waals surface area contributed by atoms with Crippen LogP contribution in [0, 0.1) is 17.8 Å². The number of piperidine rings is 1. The highest BCUT2D eigenvalue weighted by molar-refractivity contribution is 6.39. The predicted molar refractivity (Wildman–Crippen MR) is 188 cm³/mol. The Labute approximate surface area is 297 Å². The fraction of sp³-hybridized carbons (Fsp3) is 0.429. The molecule has 2 atom stereocenters. The minimum absolute atomic E-state index is 0.00576. The molecule has 1 saturated heterocycles. The summed E-state index contributed by atoms with van der Waals surface area (Å²) in [6.07, 6.45) is 0.650. The zero-order valence-electron chi connectivity index (χ0n) is 27.5. The van der Waals surface area contributed by atoms with Gasteiger partial charge in [0, 0.05) is 52.2 Å². The van der Waals surface area contributed by atoms with E-state index in [0.717, 1.165) is 24.3 Å². The number of alkyl halides is 3. The predicted octanol–water partition coefficient (Wildman–Crippen LogP) is 7.30. The molecule has 50 heavy (non-hydrogen) atoms. The van der Waals surface area contributed by atoms with Crippen LogP contribution in [0.4, 0.5) is 36.2 Å². The normalized spacial score (nSPS) is 21.5. The van der Waals surface area contributed by atoms with Gasteiger partial charge in [0.15, 0.2) is 0 Å². The van der Waals surface area contributed by atoms with E-state index < -0.39 is 12.1 Å². The Morgan fingerprint density at radius 3 is 2.44 bits per heavy atom. The monoisotopic (exact) mass is 728 g/mol. The summed E-state index contributed by atoms with van der Waals surface area (Å²) in [5.74, 6) is -0.298. The number of imidazole rings is 1. The van der Waals surface area contributed by atoms with Crippen LogP contribution in [0.25, 0.3) is 11.0 Å². The van der Waals surface area contributed by atoms with Crippen molar-refractivity contribution in [3.05, 3.63) is 69.5 Å². The maximum absolute atomic E-state index is 13.8. The summed E-state index contributed by atoms with van der Waals surface area (Å²) in [5, 5.41) is 12.8. The average molecular weight is 730 g/mol. The highest BCUT2D eigenvalue weighted by Gasteiger charge is 2.46. The maximum Gasteiger partial charge on any atom is 0.391 e. The summed E-state index contributed by atoms with van der Waals surface area (Å²) in [6, 6.07) is 8.50. The molecule has 2 unspecified atom stereocenters. The van der Waals surface area contributed by atoms with Crippen molar-refractivity contribution in [2.24, 2.45) is 24.8 Å². The lowest BCUT2D eigenvalue weighted by atomic mass is 9.85. The first-order valence-corrected chi connectivity index (χ1v) is 17.4. The molecule has 1 aliphatic heterocycles. The number of rotatable bonds is 9. The Hall–Kier alpha value is -4.23. The summed E-state index contributed by atoms with van der Waals surface area (Å²) < 4.78 is 41.6. The molecule has 3 heterocycles. The first kappa shape index (κ1) is 34.2. The molecule has 10 nitrogen and oxygen atoms in total. The number of carbonyl (C=O) groups excluding carboxylic acids is 2. The number of fused-ring (bicyclic) bond motifs is 2. The third-order valence-corrected chi connectivity index (χ3v) is 11.0. The molecule has 264 valence electrons. The molecule has 3 fully saturated rings. The number of carbonyl (C=O) groups is 2. The van der Waals surface area contributed by atoms with Gasteiger partial charge in [-0.05, 0) is 73.8 Å². The molecule has 4 aromatic rings. The second-order valence-corrected chi connectivity index (χ2v) is 14.3. The van der Waals surface area contributed by atoms with Gasteiger partial charge in [-0.15, -0.1) is 0 Å². The fourth-order valence-corrected chi connectivity index (χ4v) is 7.67. The number of anilines is 4. The minimum atomic E-state index is -4.21. The quantitative estimate of drug-likeness (QED) is 0.143. The third-order valence-electron chi connectivity index (χ3n) is 10.2. The number of aromatic nitrogens is 3. The van der Waals surface area contributed by atoms with Gasteiger partial charge in [-0.1, -0.05) is 29.3 Å². The lowest BCUT2D eigenvalue weighted by Crippen LogP contribution is -2.40. The molecule has 2 amide bonds. The molecule has 3 aliphatic rings. The van der Waals surface area contributed by atoms with Crippen molar-refractivity contribution in [1.29, 1.82) is 0 Å². The van der Waals surface area contributed by atoms with Crippen LogP contribution >= 0.6 is 23.2 Å². The largest absolute Gasteiger partial charge is 0.391 e. The zero-order chi connectivity index (χ0) is 35.3. The van der Waals surface area contributed by atoms with Gasteiger partial charge in [0.1, 0.15) is 0 Å². The molecule has 15 heteroatoms. The van der Waals surface area contributed by atoms with Crippen LogP contribution < -0.4 is 26.2 Å². The molecular formula is C35H37Cl2F3N8O2. The molecule has 2 aromatic heterocycles.